The molecule has 5 nitrogen and oxygen atoms in total. The van der Waals surface area contributed by atoms with Crippen molar-refractivity contribution in [3.63, 3.8) is 0 Å². The fraction of sp³-hybridized carbons (Fsp3) is 0.550. The first-order valence-corrected chi connectivity index (χ1v) is 8.74. The van der Waals surface area contributed by atoms with Crippen LogP contribution in [0.1, 0.15) is 25.3 Å². The Morgan fingerprint density at radius 1 is 1.11 bits per heavy atom. The number of esters is 1. The second kappa shape index (κ2) is 10.6. The molecule has 8 heteroatoms. The van der Waals surface area contributed by atoms with Gasteiger partial charge in [0, 0.05) is 39.2 Å². The lowest BCUT2D eigenvalue weighted by Crippen LogP contribution is -2.52. The highest BCUT2D eigenvalue weighted by atomic mass is 19.4. The Bertz CT molecular complexity index is 616. The molecule has 1 rings (SSSR count). The highest BCUT2D eigenvalue weighted by molar-refractivity contribution is 5.82. The van der Waals surface area contributed by atoms with Crippen molar-refractivity contribution in [3.8, 4) is 0 Å². The number of hydrogen-bond donors (Lipinski definition) is 0. The smallest absolute Gasteiger partial charge is 0.432 e. The number of rotatable bonds is 11. The van der Waals surface area contributed by atoms with Crippen LogP contribution in [0.3, 0.4) is 0 Å². The van der Waals surface area contributed by atoms with Crippen LogP contribution >= 0.6 is 0 Å². The van der Waals surface area contributed by atoms with Gasteiger partial charge in [-0.3, -0.25) is 0 Å². The summed E-state index contributed by atoms with van der Waals surface area (Å²) in [6.07, 6.45) is -4.40. The number of benzene rings is 1. The van der Waals surface area contributed by atoms with E-state index in [9.17, 15) is 18.0 Å². The molecule has 0 aromatic heterocycles. The first-order chi connectivity index (χ1) is 13.2. The Morgan fingerprint density at radius 3 is 2.11 bits per heavy atom. The largest absolute Gasteiger partial charge is 0.459 e. The van der Waals surface area contributed by atoms with Gasteiger partial charge in [0.05, 0.1) is 0 Å². The van der Waals surface area contributed by atoms with Crippen molar-refractivity contribution in [2.24, 2.45) is 5.92 Å². The third-order valence-electron chi connectivity index (χ3n) is 4.60. The maximum Gasteiger partial charge on any atom is 0.432 e. The number of methoxy groups -OCH3 is 3. The summed E-state index contributed by atoms with van der Waals surface area (Å²) in [6.45, 7) is 5.34. The van der Waals surface area contributed by atoms with Crippen LogP contribution in [0.4, 0.5) is 13.2 Å². The number of ether oxygens (including phenoxy) is 4. The molecule has 0 N–H and O–H groups in total. The molecule has 0 saturated heterocycles. The van der Waals surface area contributed by atoms with Crippen molar-refractivity contribution in [1.29, 1.82) is 0 Å². The van der Waals surface area contributed by atoms with Crippen LogP contribution in [0.25, 0.3) is 0 Å². The third-order valence-corrected chi connectivity index (χ3v) is 4.60. The number of hydrogen-bond acceptors (Lipinski definition) is 5. The minimum atomic E-state index is -5.02. The molecule has 1 aromatic carbocycles. The first-order valence-electron chi connectivity index (χ1n) is 8.74. The van der Waals surface area contributed by atoms with E-state index in [2.05, 4.69) is 6.58 Å². The van der Waals surface area contributed by atoms with Gasteiger partial charge in [-0.05, 0) is 6.42 Å². The lowest BCUT2D eigenvalue weighted by atomic mass is 9.92. The zero-order valence-corrected chi connectivity index (χ0v) is 16.5. The molecule has 158 valence electrons. The molecule has 0 radical (unpaired) electrons. The summed E-state index contributed by atoms with van der Waals surface area (Å²) in [4.78, 5) is 12.8. The molecule has 0 saturated carbocycles. The second-order valence-electron chi connectivity index (χ2n) is 6.27. The molecule has 28 heavy (non-hydrogen) atoms. The van der Waals surface area contributed by atoms with Gasteiger partial charge < -0.3 is 18.9 Å². The van der Waals surface area contributed by atoms with E-state index >= 15 is 0 Å². The Labute approximate surface area is 163 Å². The lowest BCUT2D eigenvalue weighted by molar-refractivity contribution is -0.279. The fourth-order valence-corrected chi connectivity index (χ4v) is 2.82. The molecular weight excluding hydrogens is 377 g/mol. The van der Waals surface area contributed by atoms with Crippen molar-refractivity contribution in [2.75, 3.05) is 21.3 Å². The van der Waals surface area contributed by atoms with Crippen LogP contribution in [0.2, 0.25) is 0 Å². The minimum absolute atomic E-state index is 0.220. The molecule has 0 amide bonds. The third kappa shape index (κ3) is 5.33. The van der Waals surface area contributed by atoms with Crippen molar-refractivity contribution < 1.29 is 36.9 Å². The highest BCUT2D eigenvalue weighted by Crippen LogP contribution is 2.43. The second-order valence-corrected chi connectivity index (χ2v) is 6.27. The average molecular weight is 404 g/mol. The predicted molar refractivity (Wildman–Crippen MR) is 97.5 cm³/mol. The minimum Gasteiger partial charge on any atom is -0.459 e. The molecule has 0 bridgehead atoms. The standard InChI is InChI=1S/C20H27F3O5/c1-6-14(2)16(12-13-17(25-3)26-4)28-18(24)19(27-5,20(21,22)23)15-10-8-7-9-11-15/h6-11,14,16-17H,1,12-13H2,2-5H3/t14-,16+,19-/m1/s1. The molecule has 0 heterocycles. The van der Waals surface area contributed by atoms with Crippen molar-refractivity contribution in [2.45, 2.75) is 43.9 Å². The number of alkyl halides is 3. The van der Waals surface area contributed by atoms with Crippen molar-refractivity contribution in [3.05, 3.63) is 48.6 Å². The molecule has 0 unspecified atom stereocenters. The summed E-state index contributed by atoms with van der Waals surface area (Å²) in [6, 6.07) is 6.69. The maximum absolute atomic E-state index is 14.0. The van der Waals surface area contributed by atoms with E-state index in [1.807, 2.05) is 0 Å². The van der Waals surface area contributed by atoms with Crippen LogP contribution < -0.4 is 0 Å². The summed E-state index contributed by atoms with van der Waals surface area (Å²) >= 11 is 0. The quantitative estimate of drug-likeness (QED) is 0.314. The van der Waals surface area contributed by atoms with Gasteiger partial charge in [-0.15, -0.1) is 6.58 Å². The van der Waals surface area contributed by atoms with Gasteiger partial charge in [0.1, 0.15) is 6.10 Å². The topological polar surface area (TPSA) is 54.0 Å². The summed E-state index contributed by atoms with van der Waals surface area (Å²) in [7, 11) is 3.72. The molecule has 3 atom stereocenters. The monoisotopic (exact) mass is 404 g/mol. The normalized spacial score (nSPS) is 16.3. The summed E-state index contributed by atoms with van der Waals surface area (Å²) in [5, 5.41) is 0. The number of carbonyl (C=O) groups is 1. The molecule has 0 aliphatic rings. The molecule has 0 spiro atoms. The van der Waals surface area contributed by atoms with Gasteiger partial charge in [0.25, 0.3) is 5.60 Å². The summed E-state index contributed by atoms with van der Waals surface area (Å²) in [5.41, 5.74) is -3.58. The summed E-state index contributed by atoms with van der Waals surface area (Å²) in [5.74, 6) is -1.92. The average Bonchev–Trinajstić information content (AvgIpc) is 2.67. The van der Waals surface area contributed by atoms with Gasteiger partial charge >= 0.3 is 12.1 Å². The van der Waals surface area contributed by atoms with E-state index in [-0.39, 0.29) is 12.0 Å². The number of halogens is 3. The Balaban J connectivity index is 3.20. The molecule has 0 fully saturated rings. The van der Waals surface area contributed by atoms with E-state index in [4.69, 9.17) is 18.9 Å². The number of carbonyl (C=O) groups excluding carboxylic acids is 1. The van der Waals surface area contributed by atoms with E-state index in [1.165, 1.54) is 44.6 Å². The summed E-state index contributed by atoms with van der Waals surface area (Å²) < 4.78 is 62.2. The Hall–Kier alpha value is -1.90. The molecule has 0 aliphatic heterocycles. The SMILES string of the molecule is C=C[C@@H](C)[C@H](CCC(OC)OC)OC(=O)[C@](OC)(c1ccccc1)C(F)(F)F. The van der Waals surface area contributed by atoms with Crippen LogP contribution in [0.15, 0.2) is 43.0 Å². The van der Waals surface area contributed by atoms with Crippen LogP contribution in [-0.2, 0) is 29.3 Å². The van der Waals surface area contributed by atoms with E-state index < -0.39 is 36.1 Å². The van der Waals surface area contributed by atoms with E-state index in [0.717, 1.165) is 7.11 Å². The van der Waals surface area contributed by atoms with E-state index in [0.29, 0.717) is 6.42 Å². The molecule has 1 aromatic rings. The van der Waals surface area contributed by atoms with Crippen LogP contribution in [-0.4, -0.2) is 45.9 Å². The van der Waals surface area contributed by atoms with Gasteiger partial charge in [-0.25, -0.2) is 4.79 Å². The molecule has 0 aliphatic carbocycles. The van der Waals surface area contributed by atoms with Crippen molar-refractivity contribution >= 4 is 5.97 Å². The lowest BCUT2D eigenvalue weighted by Gasteiger charge is -2.34. The van der Waals surface area contributed by atoms with Gasteiger partial charge in [0.2, 0.25) is 0 Å². The van der Waals surface area contributed by atoms with E-state index in [1.54, 1.807) is 13.0 Å². The van der Waals surface area contributed by atoms with Gasteiger partial charge in [0.15, 0.2) is 6.29 Å². The van der Waals surface area contributed by atoms with Crippen molar-refractivity contribution in [1.82, 2.24) is 0 Å². The predicted octanol–water partition coefficient (Wildman–Crippen LogP) is 4.22. The van der Waals surface area contributed by atoms with Crippen LogP contribution in [0, 0.1) is 5.92 Å². The Kier molecular flexibility index (Phi) is 9.13. The highest BCUT2D eigenvalue weighted by Gasteiger charge is 2.64. The fourth-order valence-electron chi connectivity index (χ4n) is 2.82. The zero-order chi connectivity index (χ0) is 21.4. The van der Waals surface area contributed by atoms with Crippen LogP contribution in [0.5, 0.6) is 0 Å². The molecular formula is C20H27F3O5. The first kappa shape index (κ1) is 24.1. The van der Waals surface area contributed by atoms with Gasteiger partial charge in [-0.1, -0.05) is 43.3 Å². The zero-order valence-electron chi connectivity index (χ0n) is 16.5. The Morgan fingerprint density at radius 2 is 1.68 bits per heavy atom. The maximum atomic E-state index is 14.0. The van der Waals surface area contributed by atoms with Gasteiger partial charge in [-0.2, -0.15) is 13.2 Å².